The maximum Gasteiger partial charge on any atom is 0.326 e. The van der Waals surface area contributed by atoms with Crippen molar-refractivity contribution in [1.29, 1.82) is 0 Å². The number of carbonyl (C=O) groups excluding carboxylic acids is 2. The Labute approximate surface area is 125 Å². The average molecular weight is 299 g/mol. The molecule has 0 saturated heterocycles. The molecule has 2 N–H and O–H groups in total. The third kappa shape index (κ3) is 7.11. The third-order valence-electron chi connectivity index (χ3n) is 3.39. The van der Waals surface area contributed by atoms with Crippen molar-refractivity contribution in [3.8, 4) is 0 Å². The Bertz CT molecular complexity index is 395. The highest BCUT2D eigenvalue weighted by atomic mass is 16.6. The van der Waals surface area contributed by atoms with E-state index in [0.29, 0.717) is 12.3 Å². The van der Waals surface area contributed by atoms with E-state index in [1.807, 2.05) is 0 Å². The van der Waals surface area contributed by atoms with Crippen molar-refractivity contribution in [3.63, 3.8) is 0 Å². The fourth-order valence-electron chi connectivity index (χ4n) is 2.12. The van der Waals surface area contributed by atoms with Gasteiger partial charge in [-0.1, -0.05) is 6.42 Å². The van der Waals surface area contributed by atoms with Gasteiger partial charge in [0.1, 0.15) is 11.6 Å². The van der Waals surface area contributed by atoms with Crippen LogP contribution < -0.4 is 5.32 Å². The average Bonchev–Trinajstić information content (AvgIpc) is 2.26. The second-order valence-corrected chi connectivity index (χ2v) is 6.58. The first kappa shape index (κ1) is 17.5. The Morgan fingerprint density at radius 1 is 1.29 bits per heavy atom. The molecule has 0 radical (unpaired) electrons. The number of hydrogen-bond acceptors (Lipinski definition) is 4. The molecule has 21 heavy (non-hydrogen) atoms. The van der Waals surface area contributed by atoms with Gasteiger partial charge in [0, 0.05) is 12.8 Å². The molecular formula is C15H25NO5. The molecule has 0 spiro atoms. The molecule has 1 aliphatic rings. The number of nitrogens with one attached hydrogen (secondary N) is 1. The largest absolute Gasteiger partial charge is 0.480 e. The number of hydrogen-bond donors (Lipinski definition) is 2. The van der Waals surface area contributed by atoms with E-state index < -0.39 is 23.6 Å². The molecule has 1 amide bonds. The van der Waals surface area contributed by atoms with Gasteiger partial charge in [-0.15, -0.1) is 0 Å². The summed E-state index contributed by atoms with van der Waals surface area (Å²) in [5, 5.41) is 11.6. The van der Waals surface area contributed by atoms with Gasteiger partial charge in [0.05, 0.1) is 0 Å². The number of carboxylic acid groups (broad SMARTS) is 1. The first-order valence-electron chi connectivity index (χ1n) is 7.41. The molecule has 6 nitrogen and oxygen atoms in total. The van der Waals surface area contributed by atoms with Gasteiger partial charge in [-0.25, -0.2) is 4.79 Å². The lowest BCUT2D eigenvalue weighted by atomic mass is 9.83. The zero-order chi connectivity index (χ0) is 16.0. The topological polar surface area (TPSA) is 92.7 Å². The molecule has 120 valence electrons. The highest BCUT2D eigenvalue weighted by molar-refractivity contribution is 5.84. The van der Waals surface area contributed by atoms with Gasteiger partial charge in [-0.05, 0) is 46.0 Å². The summed E-state index contributed by atoms with van der Waals surface area (Å²) < 4.78 is 5.12. The summed E-state index contributed by atoms with van der Waals surface area (Å²) in [4.78, 5) is 34.5. The first-order valence-corrected chi connectivity index (χ1v) is 7.41. The monoisotopic (exact) mass is 299 g/mol. The van der Waals surface area contributed by atoms with Gasteiger partial charge in [0.25, 0.3) is 0 Å². The lowest BCUT2D eigenvalue weighted by molar-refractivity contribution is -0.155. The Morgan fingerprint density at radius 2 is 1.90 bits per heavy atom. The predicted molar refractivity (Wildman–Crippen MR) is 76.6 cm³/mol. The first-order chi connectivity index (χ1) is 9.67. The number of aliphatic carboxylic acids is 1. The highest BCUT2D eigenvalue weighted by Crippen LogP contribution is 2.29. The van der Waals surface area contributed by atoms with Gasteiger partial charge >= 0.3 is 11.9 Å². The molecule has 0 aromatic rings. The molecule has 1 aliphatic carbocycles. The van der Waals surface area contributed by atoms with Crippen LogP contribution in [0.4, 0.5) is 0 Å². The number of carbonyl (C=O) groups is 3. The lowest BCUT2D eigenvalue weighted by Gasteiger charge is -2.25. The van der Waals surface area contributed by atoms with Crippen molar-refractivity contribution in [1.82, 2.24) is 5.32 Å². The number of carboxylic acids is 1. The fraction of sp³-hybridized carbons (Fsp3) is 0.800. The normalized spacial score (nSPS) is 16.7. The van der Waals surface area contributed by atoms with E-state index in [9.17, 15) is 14.4 Å². The minimum Gasteiger partial charge on any atom is -0.480 e. The number of rotatable bonds is 7. The minimum atomic E-state index is -1.12. The molecule has 0 aromatic heterocycles. The van der Waals surface area contributed by atoms with Gasteiger partial charge in [0.15, 0.2) is 0 Å². The summed E-state index contributed by atoms with van der Waals surface area (Å²) in [6, 6.07) is -1.04. The zero-order valence-electron chi connectivity index (χ0n) is 13.0. The van der Waals surface area contributed by atoms with Crippen molar-refractivity contribution in [2.24, 2.45) is 5.92 Å². The van der Waals surface area contributed by atoms with Gasteiger partial charge in [0.2, 0.25) is 5.91 Å². The summed E-state index contributed by atoms with van der Waals surface area (Å²) in [5.41, 5.74) is -0.594. The van der Waals surface area contributed by atoms with Crippen LogP contribution in [0, 0.1) is 5.92 Å². The molecule has 6 heteroatoms. The molecule has 1 fully saturated rings. The van der Waals surface area contributed by atoms with Crippen LogP contribution in [0.1, 0.15) is 59.3 Å². The predicted octanol–water partition coefficient (Wildman–Crippen LogP) is 1.87. The van der Waals surface area contributed by atoms with E-state index in [2.05, 4.69) is 5.32 Å². The summed E-state index contributed by atoms with van der Waals surface area (Å²) in [6.07, 6.45) is 3.58. The van der Waals surface area contributed by atoms with Crippen LogP contribution in [0.15, 0.2) is 0 Å². The quantitative estimate of drug-likeness (QED) is 0.700. The second-order valence-electron chi connectivity index (χ2n) is 6.58. The van der Waals surface area contributed by atoms with E-state index in [1.165, 1.54) is 0 Å². The maximum absolute atomic E-state index is 11.7. The summed E-state index contributed by atoms with van der Waals surface area (Å²) in [5.74, 6) is -1.45. The van der Waals surface area contributed by atoms with Crippen LogP contribution in [0.25, 0.3) is 0 Å². The van der Waals surface area contributed by atoms with E-state index in [0.717, 1.165) is 19.3 Å². The van der Waals surface area contributed by atoms with Crippen LogP contribution in [-0.2, 0) is 19.1 Å². The van der Waals surface area contributed by atoms with E-state index in [4.69, 9.17) is 9.84 Å². The van der Waals surface area contributed by atoms with E-state index >= 15 is 0 Å². The molecule has 0 unspecified atom stereocenters. The van der Waals surface area contributed by atoms with E-state index in [-0.39, 0.29) is 18.7 Å². The summed E-state index contributed by atoms with van der Waals surface area (Å²) >= 11 is 0. The van der Waals surface area contributed by atoms with Crippen LogP contribution >= 0.6 is 0 Å². The van der Waals surface area contributed by atoms with E-state index in [1.54, 1.807) is 20.8 Å². The zero-order valence-corrected chi connectivity index (χ0v) is 13.0. The smallest absolute Gasteiger partial charge is 0.326 e. The minimum absolute atomic E-state index is 0.0298. The molecule has 0 aliphatic heterocycles. The molecule has 1 atom stereocenters. The second kappa shape index (κ2) is 7.43. The van der Waals surface area contributed by atoms with Gasteiger partial charge < -0.3 is 15.2 Å². The van der Waals surface area contributed by atoms with Crippen molar-refractivity contribution >= 4 is 17.8 Å². The molecule has 1 rings (SSSR count). The van der Waals surface area contributed by atoms with Crippen molar-refractivity contribution in [3.05, 3.63) is 0 Å². The Hall–Kier alpha value is -1.59. The highest BCUT2D eigenvalue weighted by Gasteiger charge is 2.26. The molecule has 0 aromatic carbocycles. The van der Waals surface area contributed by atoms with Crippen molar-refractivity contribution in [2.75, 3.05) is 0 Å². The standard InChI is InChI=1S/C15H25NO5/c1-15(2,3)21-13(18)8-7-11(14(19)20)16-12(17)9-10-5-4-6-10/h10-11H,4-9H2,1-3H3,(H,16,17)(H,19,20)/t11-/m1/s1. The molecular weight excluding hydrogens is 274 g/mol. The SMILES string of the molecule is CC(C)(C)OC(=O)CC[C@@H](NC(=O)CC1CCC1)C(=O)O. The Kier molecular flexibility index (Phi) is 6.18. The van der Waals surface area contributed by atoms with Crippen LogP contribution in [0.5, 0.6) is 0 Å². The maximum atomic E-state index is 11.7. The van der Waals surface area contributed by atoms with Crippen molar-refractivity contribution in [2.45, 2.75) is 70.9 Å². The summed E-state index contributed by atoms with van der Waals surface area (Å²) in [6.45, 7) is 5.25. The third-order valence-corrected chi connectivity index (χ3v) is 3.39. The molecule has 0 heterocycles. The number of amides is 1. The Balaban J connectivity index is 2.37. The fourth-order valence-corrected chi connectivity index (χ4v) is 2.12. The van der Waals surface area contributed by atoms with Gasteiger partial charge in [-0.2, -0.15) is 0 Å². The van der Waals surface area contributed by atoms with Crippen LogP contribution in [-0.4, -0.2) is 34.6 Å². The lowest BCUT2D eigenvalue weighted by Crippen LogP contribution is -2.42. The van der Waals surface area contributed by atoms with Crippen molar-refractivity contribution < 1.29 is 24.2 Å². The molecule has 1 saturated carbocycles. The van der Waals surface area contributed by atoms with Gasteiger partial charge in [-0.3, -0.25) is 9.59 Å². The number of ether oxygens (including phenoxy) is 1. The summed E-state index contributed by atoms with van der Waals surface area (Å²) in [7, 11) is 0. The van der Waals surface area contributed by atoms with Crippen LogP contribution in [0.3, 0.4) is 0 Å². The number of esters is 1. The molecule has 0 bridgehead atoms. The van der Waals surface area contributed by atoms with Crippen LogP contribution in [0.2, 0.25) is 0 Å². The Morgan fingerprint density at radius 3 is 2.33 bits per heavy atom.